The van der Waals surface area contributed by atoms with Crippen molar-refractivity contribution in [2.45, 2.75) is 85.1 Å². The number of nitrogens with zero attached hydrogens (tertiary/aromatic N) is 2. The van der Waals surface area contributed by atoms with Crippen molar-refractivity contribution in [3.05, 3.63) is 24.3 Å². The zero-order chi connectivity index (χ0) is 22.5. The number of fused-ring (bicyclic) bond motifs is 2. The minimum absolute atomic E-state index is 0.0154. The summed E-state index contributed by atoms with van der Waals surface area (Å²) in [6.45, 7) is 10.1. The van der Waals surface area contributed by atoms with Crippen LogP contribution in [-0.4, -0.2) is 41.3 Å². The van der Waals surface area contributed by atoms with E-state index in [-0.39, 0.29) is 17.5 Å². The Bertz CT molecular complexity index is 713. The van der Waals surface area contributed by atoms with Gasteiger partial charge in [-0.15, -0.1) is 0 Å². The summed E-state index contributed by atoms with van der Waals surface area (Å²) < 4.78 is 0. The van der Waals surface area contributed by atoms with E-state index in [4.69, 9.17) is 5.10 Å². The lowest BCUT2D eigenvalue weighted by atomic mass is 9.69. The first-order valence-corrected chi connectivity index (χ1v) is 13.7. The van der Waals surface area contributed by atoms with Crippen molar-refractivity contribution in [2.75, 3.05) is 18.6 Å². The first-order chi connectivity index (χ1) is 14.8. The highest BCUT2D eigenvalue weighted by Gasteiger charge is 2.61. The predicted molar refractivity (Wildman–Crippen MR) is 135 cm³/mol. The predicted octanol–water partition coefficient (Wildman–Crippen LogP) is 6.64. The molecule has 3 unspecified atom stereocenters. The van der Waals surface area contributed by atoms with E-state index in [0.29, 0.717) is 11.3 Å². The van der Waals surface area contributed by atoms with Gasteiger partial charge in [0.25, 0.3) is 0 Å². The van der Waals surface area contributed by atoms with Crippen LogP contribution in [0.15, 0.2) is 29.4 Å². The van der Waals surface area contributed by atoms with Crippen molar-refractivity contribution in [1.29, 1.82) is 0 Å². The number of unbranched alkanes of at least 4 members (excludes halogenated alkanes) is 1. The van der Waals surface area contributed by atoms with Gasteiger partial charge in [-0.05, 0) is 67.9 Å². The molecule has 0 aromatic heterocycles. The van der Waals surface area contributed by atoms with E-state index in [9.17, 15) is 4.79 Å². The summed E-state index contributed by atoms with van der Waals surface area (Å²) >= 11 is 1.83. The monoisotopic (exact) mass is 445 g/mol. The zero-order valence-corrected chi connectivity index (χ0v) is 21.1. The molecule has 174 valence electrons. The van der Waals surface area contributed by atoms with Crippen molar-refractivity contribution >= 4 is 23.5 Å². The molecular weight excluding hydrogens is 402 g/mol. The van der Waals surface area contributed by atoms with Crippen LogP contribution in [0, 0.1) is 22.7 Å². The number of carbonyl (C=O) groups excluding carboxylic acids is 1. The molecular formula is C26H43N3OS. The SMILES string of the molecule is CCCCC1=NN(C(=O)NC2C[C@@H]3CCC2(C)C3(C)C)CC1CC/C=C\C=C/CSC. The average Bonchev–Trinajstić information content (AvgIpc) is 3.30. The minimum atomic E-state index is 0.0154. The third kappa shape index (κ3) is 5.23. The van der Waals surface area contributed by atoms with Gasteiger partial charge in [0.1, 0.15) is 0 Å². The van der Waals surface area contributed by atoms with Gasteiger partial charge < -0.3 is 5.32 Å². The molecule has 0 aromatic carbocycles. The lowest BCUT2D eigenvalue weighted by Crippen LogP contribution is -2.50. The Balaban J connectivity index is 1.56. The third-order valence-corrected chi connectivity index (χ3v) is 9.08. The van der Waals surface area contributed by atoms with Crippen LogP contribution < -0.4 is 5.32 Å². The Morgan fingerprint density at radius 2 is 2.06 bits per heavy atom. The third-order valence-electron chi connectivity index (χ3n) is 8.55. The Hall–Kier alpha value is -1.23. The van der Waals surface area contributed by atoms with Crippen LogP contribution in [0.4, 0.5) is 4.79 Å². The van der Waals surface area contributed by atoms with Crippen molar-refractivity contribution in [3.63, 3.8) is 0 Å². The van der Waals surface area contributed by atoms with E-state index < -0.39 is 0 Å². The van der Waals surface area contributed by atoms with Gasteiger partial charge in [0, 0.05) is 23.4 Å². The number of allylic oxidation sites excluding steroid dienone is 3. The molecule has 2 bridgehead atoms. The summed E-state index contributed by atoms with van der Waals surface area (Å²) in [6.07, 6.45) is 19.9. The van der Waals surface area contributed by atoms with Gasteiger partial charge in [0.15, 0.2) is 0 Å². The van der Waals surface area contributed by atoms with Crippen molar-refractivity contribution in [3.8, 4) is 0 Å². The van der Waals surface area contributed by atoms with Gasteiger partial charge >= 0.3 is 6.03 Å². The summed E-state index contributed by atoms with van der Waals surface area (Å²) in [6, 6.07) is 0.291. The second kappa shape index (κ2) is 10.6. The van der Waals surface area contributed by atoms with Crippen LogP contribution in [0.2, 0.25) is 0 Å². The fraction of sp³-hybridized carbons (Fsp3) is 0.769. The quantitative estimate of drug-likeness (QED) is 0.383. The number of carbonyl (C=O) groups is 1. The van der Waals surface area contributed by atoms with Crippen LogP contribution in [0.3, 0.4) is 0 Å². The highest BCUT2D eigenvalue weighted by Crippen LogP contribution is 2.65. The van der Waals surface area contributed by atoms with Crippen molar-refractivity contribution in [2.24, 2.45) is 27.8 Å². The van der Waals surface area contributed by atoms with Crippen LogP contribution in [0.1, 0.15) is 79.1 Å². The molecule has 0 saturated heterocycles. The number of urea groups is 1. The summed E-state index contributed by atoms with van der Waals surface area (Å²) in [5.74, 6) is 2.18. The molecule has 3 rings (SSSR count). The van der Waals surface area contributed by atoms with Gasteiger partial charge in [0.05, 0.1) is 6.54 Å². The van der Waals surface area contributed by atoms with Crippen LogP contribution in [0.5, 0.6) is 0 Å². The first kappa shape index (κ1) is 24.4. The van der Waals surface area contributed by atoms with E-state index >= 15 is 0 Å². The summed E-state index contributed by atoms with van der Waals surface area (Å²) in [5, 5.41) is 9.94. The Morgan fingerprint density at radius 3 is 2.71 bits per heavy atom. The highest BCUT2D eigenvalue weighted by atomic mass is 32.2. The maximum Gasteiger partial charge on any atom is 0.338 e. The van der Waals surface area contributed by atoms with Crippen molar-refractivity contribution in [1.82, 2.24) is 10.3 Å². The Kier molecular flexibility index (Phi) is 8.34. The molecule has 2 amide bonds. The molecule has 1 N–H and O–H groups in total. The number of hydrogen-bond donors (Lipinski definition) is 1. The molecule has 31 heavy (non-hydrogen) atoms. The summed E-state index contributed by atoms with van der Waals surface area (Å²) in [4.78, 5) is 13.2. The van der Waals surface area contributed by atoms with E-state index in [2.05, 4.69) is 63.6 Å². The highest BCUT2D eigenvalue weighted by molar-refractivity contribution is 7.98. The zero-order valence-electron chi connectivity index (χ0n) is 20.3. The lowest BCUT2D eigenvalue weighted by Gasteiger charge is -2.39. The Labute approximate surface area is 194 Å². The molecule has 0 aromatic rings. The maximum absolute atomic E-state index is 13.2. The van der Waals surface area contributed by atoms with E-state index in [0.717, 1.165) is 56.7 Å². The molecule has 1 aliphatic heterocycles. The molecule has 4 nitrogen and oxygen atoms in total. The number of amides is 2. The number of thioether (sulfide) groups is 1. The van der Waals surface area contributed by atoms with E-state index in [1.54, 1.807) is 5.01 Å². The number of nitrogens with one attached hydrogen (secondary N) is 1. The number of rotatable bonds is 10. The van der Waals surface area contributed by atoms with E-state index in [1.165, 1.54) is 18.6 Å². The molecule has 3 aliphatic rings. The summed E-state index contributed by atoms with van der Waals surface area (Å²) in [7, 11) is 0. The molecule has 2 aliphatic carbocycles. The lowest BCUT2D eigenvalue weighted by molar-refractivity contribution is 0.118. The number of hydrogen-bond acceptors (Lipinski definition) is 3. The van der Waals surface area contributed by atoms with E-state index in [1.807, 2.05) is 11.8 Å². The second-order valence-corrected chi connectivity index (χ2v) is 11.4. The van der Waals surface area contributed by atoms with Gasteiger partial charge in [-0.1, -0.05) is 58.4 Å². The van der Waals surface area contributed by atoms with Crippen molar-refractivity contribution < 1.29 is 4.79 Å². The largest absolute Gasteiger partial charge is 0.338 e. The molecule has 2 saturated carbocycles. The average molecular weight is 446 g/mol. The smallest absolute Gasteiger partial charge is 0.333 e. The van der Waals surface area contributed by atoms with Crippen LogP contribution in [0.25, 0.3) is 0 Å². The standard InChI is InChI=1S/C26H43N3OS/c1-6-7-14-22-20(13-11-9-8-10-12-17-31-5)19-29(28-22)24(30)27-23-18-21-15-16-26(23,4)25(21,2)3/h8-10,12,20-21,23H,6-7,11,13-19H2,1-5H3,(H,27,30)/b9-8-,12-10-/t20?,21-,23?,26?/m0/s1. The van der Waals surface area contributed by atoms with Crippen LogP contribution >= 0.6 is 11.8 Å². The topological polar surface area (TPSA) is 44.7 Å². The minimum Gasteiger partial charge on any atom is -0.333 e. The van der Waals surface area contributed by atoms with Gasteiger partial charge in [-0.25, -0.2) is 9.80 Å². The molecule has 0 radical (unpaired) electrons. The first-order valence-electron chi connectivity index (χ1n) is 12.3. The fourth-order valence-corrected chi connectivity index (χ4v) is 6.24. The number of hydrazone groups is 1. The van der Waals surface area contributed by atoms with Crippen LogP contribution in [-0.2, 0) is 0 Å². The molecule has 5 heteroatoms. The van der Waals surface area contributed by atoms with Gasteiger partial charge in [-0.2, -0.15) is 16.9 Å². The molecule has 2 fully saturated rings. The second-order valence-electron chi connectivity index (χ2n) is 10.5. The molecule has 1 heterocycles. The summed E-state index contributed by atoms with van der Waals surface area (Å²) in [5.41, 5.74) is 1.74. The molecule has 4 atom stereocenters. The van der Waals surface area contributed by atoms with Gasteiger partial charge in [-0.3, -0.25) is 0 Å². The fourth-order valence-electron chi connectivity index (χ4n) is 5.94. The normalized spacial score (nSPS) is 31.8. The molecule has 0 spiro atoms. The Morgan fingerprint density at radius 1 is 1.29 bits per heavy atom. The maximum atomic E-state index is 13.2. The van der Waals surface area contributed by atoms with Gasteiger partial charge in [0.2, 0.25) is 0 Å².